The predicted octanol–water partition coefficient (Wildman–Crippen LogP) is 3.76. The van der Waals surface area contributed by atoms with Crippen molar-refractivity contribution in [2.75, 3.05) is 12.3 Å². The lowest BCUT2D eigenvalue weighted by molar-refractivity contribution is 0.0533. The van der Waals surface area contributed by atoms with Gasteiger partial charge in [-0.2, -0.15) is 0 Å². The molecule has 20 heavy (non-hydrogen) atoms. The number of halogens is 2. The summed E-state index contributed by atoms with van der Waals surface area (Å²) in [7, 11) is 0. The van der Waals surface area contributed by atoms with E-state index in [1.807, 2.05) is 0 Å². The molecule has 3 nitrogen and oxygen atoms in total. The van der Waals surface area contributed by atoms with Crippen molar-refractivity contribution in [3.05, 3.63) is 40.3 Å². The Kier molecular flexibility index (Phi) is 4.04. The maximum absolute atomic E-state index is 13.8. The van der Waals surface area contributed by atoms with Gasteiger partial charge in [0.15, 0.2) is 0 Å². The van der Waals surface area contributed by atoms with Crippen molar-refractivity contribution in [1.29, 1.82) is 0 Å². The van der Waals surface area contributed by atoms with Crippen LogP contribution in [-0.2, 0) is 4.74 Å². The molecule has 1 heterocycles. The third kappa shape index (κ3) is 2.38. The zero-order valence-corrected chi connectivity index (χ0v) is 11.8. The Morgan fingerprint density at radius 2 is 1.95 bits per heavy atom. The first kappa shape index (κ1) is 14.5. The molecule has 0 fully saturated rings. The highest BCUT2D eigenvalue weighted by atomic mass is 32.1. The Balaban J connectivity index is 2.60. The molecule has 1 aromatic carbocycles. The number of carbonyl (C=O) groups excluding carboxylic acids is 1. The van der Waals surface area contributed by atoms with Crippen molar-refractivity contribution in [3.8, 4) is 10.4 Å². The fourth-order valence-corrected chi connectivity index (χ4v) is 3.00. The number of nitrogens with two attached hydrogens (primary N) is 1. The van der Waals surface area contributed by atoms with E-state index >= 15 is 0 Å². The average molecular weight is 297 g/mol. The van der Waals surface area contributed by atoms with Crippen molar-refractivity contribution in [3.63, 3.8) is 0 Å². The van der Waals surface area contributed by atoms with Gasteiger partial charge in [-0.05, 0) is 31.5 Å². The van der Waals surface area contributed by atoms with Gasteiger partial charge in [0.05, 0.1) is 17.9 Å². The maximum atomic E-state index is 13.8. The molecule has 0 amide bonds. The number of anilines is 1. The molecule has 0 unspecified atom stereocenters. The average Bonchev–Trinajstić information content (AvgIpc) is 2.68. The van der Waals surface area contributed by atoms with Crippen LogP contribution in [0.3, 0.4) is 0 Å². The zero-order chi connectivity index (χ0) is 14.9. The van der Waals surface area contributed by atoms with Crippen molar-refractivity contribution in [2.45, 2.75) is 13.8 Å². The molecule has 0 aliphatic heterocycles. The first-order valence-electron chi connectivity index (χ1n) is 5.97. The minimum Gasteiger partial charge on any atom is -0.462 e. The number of ether oxygens (including phenoxy) is 1. The summed E-state index contributed by atoms with van der Waals surface area (Å²) in [5, 5.41) is 0. The number of hydrogen-bond acceptors (Lipinski definition) is 4. The molecule has 0 bridgehead atoms. The molecular formula is C14H13F2NO2S. The SMILES string of the molecule is CCOC(=O)c1sc(-c2c(F)cccc2F)c(C)c1N. The van der Waals surface area contributed by atoms with E-state index in [-0.39, 0.29) is 22.7 Å². The Morgan fingerprint density at radius 1 is 1.35 bits per heavy atom. The quantitative estimate of drug-likeness (QED) is 0.878. The Morgan fingerprint density at radius 3 is 2.50 bits per heavy atom. The Labute approximate surface area is 119 Å². The maximum Gasteiger partial charge on any atom is 0.350 e. The van der Waals surface area contributed by atoms with Crippen molar-refractivity contribution >= 4 is 23.0 Å². The summed E-state index contributed by atoms with van der Waals surface area (Å²) in [6.07, 6.45) is 0. The van der Waals surface area contributed by atoms with Crippen LogP contribution in [0.15, 0.2) is 18.2 Å². The summed E-state index contributed by atoms with van der Waals surface area (Å²) in [6.45, 7) is 3.50. The number of hydrogen-bond donors (Lipinski definition) is 1. The normalized spacial score (nSPS) is 10.6. The minimum absolute atomic E-state index is 0.169. The van der Waals surface area contributed by atoms with Crippen molar-refractivity contribution in [2.24, 2.45) is 0 Å². The van der Waals surface area contributed by atoms with Crippen LogP contribution < -0.4 is 5.73 Å². The number of nitrogen functional groups attached to an aromatic ring is 1. The zero-order valence-electron chi connectivity index (χ0n) is 11.0. The first-order valence-corrected chi connectivity index (χ1v) is 6.79. The second kappa shape index (κ2) is 5.58. The van der Waals surface area contributed by atoms with Gasteiger partial charge in [-0.15, -0.1) is 11.3 Å². The summed E-state index contributed by atoms with van der Waals surface area (Å²) >= 11 is 0.936. The number of thiophene rings is 1. The molecule has 0 spiro atoms. The van der Waals surface area contributed by atoms with Gasteiger partial charge in [-0.1, -0.05) is 6.07 Å². The lowest BCUT2D eigenvalue weighted by atomic mass is 10.1. The smallest absolute Gasteiger partial charge is 0.350 e. The van der Waals surface area contributed by atoms with Gasteiger partial charge in [0.1, 0.15) is 16.5 Å². The molecule has 0 radical (unpaired) electrons. The molecule has 0 saturated heterocycles. The summed E-state index contributed by atoms with van der Waals surface area (Å²) in [5.41, 5.74) is 6.34. The molecule has 0 aliphatic carbocycles. The van der Waals surface area contributed by atoms with E-state index in [1.54, 1.807) is 13.8 Å². The van der Waals surface area contributed by atoms with E-state index in [0.29, 0.717) is 10.4 Å². The molecule has 0 atom stereocenters. The van der Waals surface area contributed by atoms with E-state index in [4.69, 9.17) is 10.5 Å². The van der Waals surface area contributed by atoms with Crippen LogP contribution in [0, 0.1) is 18.6 Å². The first-order chi connectivity index (χ1) is 9.47. The Hall–Kier alpha value is -1.95. The van der Waals surface area contributed by atoms with Gasteiger partial charge in [0.2, 0.25) is 0 Å². The topological polar surface area (TPSA) is 52.3 Å². The van der Waals surface area contributed by atoms with E-state index < -0.39 is 17.6 Å². The number of esters is 1. The predicted molar refractivity (Wildman–Crippen MR) is 74.8 cm³/mol. The Bertz CT molecular complexity index is 647. The summed E-state index contributed by atoms with van der Waals surface area (Å²) in [5.74, 6) is -1.96. The summed E-state index contributed by atoms with van der Waals surface area (Å²) in [4.78, 5) is 12.2. The number of rotatable bonds is 3. The highest BCUT2D eigenvalue weighted by Crippen LogP contribution is 2.40. The van der Waals surface area contributed by atoms with Crippen LogP contribution in [0.25, 0.3) is 10.4 Å². The van der Waals surface area contributed by atoms with Gasteiger partial charge in [-0.3, -0.25) is 0 Å². The van der Waals surface area contributed by atoms with Crippen LogP contribution in [0.4, 0.5) is 14.5 Å². The van der Waals surface area contributed by atoms with E-state index in [2.05, 4.69) is 0 Å². The molecule has 0 saturated carbocycles. The molecular weight excluding hydrogens is 284 g/mol. The van der Waals surface area contributed by atoms with Crippen molar-refractivity contribution in [1.82, 2.24) is 0 Å². The van der Waals surface area contributed by atoms with Crippen LogP contribution in [0.5, 0.6) is 0 Å². The monoisotopic (exact) mass is 297 g/mol. The fraction of sp³-hybridized carbons (Fsp3) is 0.214. The van der Waals surface area contributed by atoms with Crippen LogP contribution >= 0.6 is 11.3 Å². The van der Waals surface area contributed by atoms with Gasteiger partial charge >= 0.3 is 5.97 Å². The molecule has 106 valence electrons. The summed E-state index contributed by atoms with van der Waals surface area (Å²) < 4.78 is 32.5. The molecule has 2 N–H and O–H groups in total. The molecule has 6 heteroatoms. The van der Waals surface area contributed by atoms with E-state index in [1.165, 1.54) is 6.07 Å². The third-order valence-corrected chi connectivity index (χ3v) is 4.15. The lowest BCUT2D eigenvalue weighted by Crippen LogP contribution is -2.05. The van der Waals surface area contributed by atoms with Crippen LogP contribution in [-0.4, -0.2) is 12.6 Å². The number of benzene rings is 1. The van der Waals surface area contributed by atoms with Gasteiger partial charge in [0.25, 0.3) is 0 Å². The lowest BCUT2D eigenvalue weighted by Gasteiger charge is -2.03. The van der Waals surface area contributed by atoms with Crippen LogP contribution in [0.1, 0.15) is 22.2 Å². The molecule has 1 aromatic heterocycles. The highest BCUT2D eigenvalue weighted by Gasteiger charge is 2.23. The minimum atomic E-state index is -0.690. The van der Waals surface area contributed by atoms with E-state index in [9.17, 15) is 13.6 Å². The molecule has 0 aliphatic rings. The summed E-state index contributed by atoms with van der Waals surface area (Å²) in [6, 6.07) is 3.61. The van der Waals surface area contributed by atoms with Gasteiger partial charge in [0, 0.05) is 4.88 Å². The van der Waals surface area contributed by atoms with E-state index in [0.717, 1.165) is 23.5 Å². The highest BCUT2D eigenvalue weighted by molar-refractivity contribution is 7.18. The fourth-order valence-electron chi connectivity index (χ4n) is 1.83. The van der Waals surface area contributed by atoms with Gasteiger partial charge < -0.3 is 10.5 Å². The van der Waals surface area contributed by atoms with Gasteiger partial charge in [-0.25, -0.2) is 13.6 Å². The largest absolute Gasteiger partial charge is 0.462 e. The second-order valence-corrected chi connectivity index (χ2v) is 5.14. The van der Waals surface area contributed by atoms with Crippen molar-refractivity contribution < 1.29 is 18.3 Å². The number of carbonyl (C=O) groups is 1. The van der Waals surface area contributed by atoms with Crippen LogP contribution in [0.2, 0.25) is 0 Å². The standard InChI is InChI=1S/C14H13F2NO2S/c1-3-19-14(18)13-11(17)7(2)12(20-13)10-8(15)5-4-6-9(10)16/h4-6H,3,17H2,1-2H3. The third-order valence-electron chi connectivity index (χ3n) is 2.84. The molecule has 2 aromatic rings. The second-order valence-electron chi connectivity index (χ2n) is 4.12. The molecule has 2 rings (SSSR count).